The molecule has 112 valence electrons. The summed E-state index contributed by atoms with van der Waals surface area (Å²) in [6.07, 6.45) is 4.82. The molecule has 0 amide bonds. The van der Waals surface area contributed by atoms with Gasteiger partial charge in [0, 0.05) is 23.3 Å². The quantitative estimate of drug-likeness (QED) is 0.848. The summed E-state index contributed by atoms with van der Waals surface area (Å²) in [6, 6.07) is 3.34. The van der Waals surface area contributed by atoms with Crippen LogP contribution in [0.5, 0.6) is 0 Å². The van der Waals surface area contributed by atoms with E-state index in [-0.39, 0.29) is 10.9 Å². The monoisotopic (exact) mass is 323 g/mol. The highest BCUT2D eigenvalue weighted by Gasteiger charge is 2.38. The van der Waals surface area contributed by atoms with E-state index in [1.54, 1.807) is 34.0 Å². The van der Waals surface area contributed by atoms with Crippen LogP contribution in [0.2, 0.25) is 0 Å². The second-order valence-electron chi connectivity index (χ2n) is 5.22. The van der Waals surface area contributed by atoms with Gasteiger partial charge in [-0.05, 0) is 38.8 Å². The summed E-state index contributed by atoms with van der Waals surface area (Å²) >= 11 is 1.57. The molecule has 1 saturated carbocycles. The largest absolute Gasteiger partial charge is 0.263 e. The van der Waals surface area contributed by atoms with E-state index in [2.05, 4.69) is 9.97 Å². The fraction of sp³-hybridized carbons (Fsp3) is 0.429. The van der Waals surface area contributed by atoms with Gasteiger partial charge in [-0.3, -0.25) is 4.98 Å². The molecule has 5 nitrogen and oxygen atoms in total. The van der Waals surface area contributed by atoms with Crippen LogP contribution in [0.25, 0.3) is 0 Å². The zero-order valence-electron chi connectivity index (χ0n) is 12.0. The van der Waals surface area contributed by atoms with Crippen molar-refractivity contribution in [1.82, 2.24) is 14.3 Å². The van der Waals surface area contributed by atoms with E-state index < -0.39 is 10.0 Å². The number of pyridine rings is 1. The summed E-state index contributed by atoms with van der Waals surface area (Å²) in [5.74, 6) is 0. The molecule has 7 heteroatoms. The molecule has 0 radical (unpaired) electrons. The normalized spacial score (nSPS) is 15.6. The van der Waals surface area contributed by atoms with E-state index in [4.69, 9.17) is 0 Å². The molecule has 2 aromatic rings. The Balaban J connectivity index is 1.91. The molecule has 0 bridgehead atoms. The standard InChI is InChI=1S/C14H17N3O2S2/c1-10-11(2)20-14(16-10)9-17(12-5-6-12)21(18,19)13-4-3-7-15-8-13/h3-4,7-8,12H,5-6,9H2,1-2H3. The van der Waals surface area contributed by atoms with Crippen molar-refractivity contribution in [2.24, 2.45) is 0 Å². The number of aryl methyl sites for hydroxylation is 2. The molecule has 21 heavy (non-hydrogen) atoms. The molecule has 1 aliphatic rings. The molecule has 0 aromatic carbocycles. The van der Waals surface area contributed by atoms with Gasteiger partial charge in [-0.2, -0.15) is 4.31 Å². The van der Waals surface area contributed by atoms with Gasteiger partial charge in [0.05, 0.1) is 12.2 Å². The lowest BCUT2D eigenvalue weighted by molar-refractivity contribution is 0.397. The van der Waals surface area contributed by atoms with Crippen molar-refractivity contribution in [3.63, 3.8) is 0 Å². The number of hydrogen-bond acceptors (Lipinski definition) is 5. The van der Waals surface area contributed by atoms with E-state index in [1.165, 1.54) is 6.20 Å². The van der Waals surface area contributed by atoms with E-state index in [0.29, 0.717) is 6.54 Å². The summed E-state index contributed by atoms with van der Waals surface area (Å²) in [5, 5.41) is 0.851. The minimum Gasteiger partial charge on any atom is -0.263 e. The lowest BCUT2D eigenvalue weighted by Gasteiger charge is -2.20. The zero-order valence-corrected chi connectivity index (χ0v) is 13.6. The van der Waals surface area contributed by atoms with Crippen LogP contribution in [-0.2, 0) is 16.6 Å². The SMILES string of the molecule is Cc1nc(CN(C2CC2)S(=O)(=O)c2cccnc2)sc1C. The van der Waals surface area contributed by atoms with Crippen molar-refractivity contribution in [3.8, 4) is 0 Å². The third kappa shape index (κ3) is 3.00. The lowest BCUT2D eigenvalue weighted by atomic mass is 10.4. The van der Waals surface area contributed by atoms with Gasteiger partial charge in [-0.1, -0.05) is 0 Å². The molecule has 0 saturated heterocycles. The summed E-state index contributed by atoms with van der Waals surface area (Å²) in [4.78, 5) is 9.77. The average molecular weight is 323 g/mol. The maximum Gasteiger partial charge on any atom is 0.245 e. The van der Waals surface area contributed by atoms with Gasteiger partial charge in [-0.25, -0.2) is 13.4 Å². The minimum atomic E-state index is -3.50. The summed E-state index contributed by atoms with van der Waals surface area (Å²) in [6.45, 7) is 4.31. The van der Waals surface area contributed by atoms with Crippen molar-refractivity contribution >= 4 is 21.4 Å². The Hall–Kier alpha value is -1.31. The van der Waals surface area contributed by atoms with Gasteiger partial charge in [0.25, 0.3) is 0 Å². The maximum absolute atomic E-state index is 12.8. The van der Waals surface area contributed by atoms with Gasteiger partial charge in [0.2, 0.25) is 10.0 Å². The summed E-state index contributed by atoms with van der Waals surface area (Å²) in [7, 11) is -3.50. The molecule has 1 fully saturated rings. The van der Waals surface area contributed by atoms with Gasteiger partial charge < -0.3 is 0 Å². The molecular weight excluding hydrogens is 306 g/mol. The lowest BCUT2D eigenvalue weighted by Crippen LogP contribution is -2.32. The highest BCUT2D eigenvalue weighted by atomic mass is 32.2. The number of sulfonamides is 1. The van der Waals surface area contributed by atoms with Gasteiger partial charge in [0.15, 0.2) is 0 Å². The van der Waals surface area contributed by atoms with Crippen LogP contribution < -0.4 is 0 Å². The van der Waals surface area contributed by atoms with Gasteiger partial charge in [-0.15, -0.1) is 11.3 Å². The van der Waals surface area contributed by atoms with E-state index in [0.717, 1.165) is 28.4 Å². The van der Waals surface area contributed by atoms with Crippen molar-refractivity contribution in [2.45, 2.75) is 44.2 Å². The first-order valence-corrected chi connectivity index (χ1v) is 9.09. The molecule has 0 atom stereocenters. The summed E-state index contributed by atoms with van der Waals surface area (Å²) in [5.41, 5.74) is 0.976. The van der Waals surface area contributed by atoms with Crippen molar-refractivity contribution in [1.29, 1.82) is 0 Å². The summed E-state index contributed by atoms with van der Waals surface area (Å²) < 4.78 is 27.1. The fourth-order valence-corrected chi connectivity index (χ4v) is 4.77. The van der Waals surface area contributed by atoms with Crippen molar-refractivity contribution in [3.05, 3.63) is 40.1 Å². The van der Waals surface area contributed by atoms with Crippen molar-refractivity contribution in [2.75, 3.05) is 0 Å². The van der Waals surface area contributed by atoms with Crippen LogP contribution in [-0.4, -0.2) is 28.7 Å². The van der Waals surface area contributed by atoms with Crippen molar-refractivity contribution < 1.29 is 8.42 Å². The second-order valence-corrected chi connectivity index (χ2v) is 8.40. The van der Waals surface area contributed by atoms with Gasteiger partial charge in [0.1, 0.15) is 9.90 Å². The molecule has 2 heterocycles. The third-order valence-corrected chi connectivity index (χ3v) is 6.50. The highest BCUT2D eigenvalue weighted by molar-refractivity contribution is 7.89. The van der Waals surface area contributed by atoms with E-state index in [1.807, 2.05) is 13.8 Å². The number of nitrogens with zero attached hydrogens (tertiary/aromatic N) is 3. The maximum atomic E-state index is 12.8. The van der Waals surface area contributed by atoms with Crippen LogP contribution in [0.1, 0.15) is 28.4 Å². The van der Waals surface area contributed by atoms with E-state index in [9.17, 15) is 8.42 Å². The van der Waals surface area contributed by atoms with Crippen LogP contribution in [0.15, 0.2) is 29.4 Å². The molecular formula is C14H17N3O2S2. The highest BCUT2D eigenvalue weighted by Crippen LogP contribution is 2.34. The first-order chi connectivity index (χ1) is 9.98. The van der Waals surface area contributed by atoms with Crippen LogP contribution in [0.3, 0.4) is 0 Å². The number of aromatic nitrogens is 2. The molecule has 1 aliphatic carbocycles. The van der Waals surface area contributed by atoms with Crippen LogP contribution in [0.4, 0.5) is 0 Å². The molecule has 2 aromatic heterocycles. The zero-order chi connectivity index (χ0) is 15.0. The van der Waals surface area contributed by atoms with Crippen LogP contribution >= 0.6 is 11.3 Å². The first-order valence-electron chi connectivity index (χ1n) is 6.83. The van der Waals surface area contributed by atoms with E-state index >= 15 is 0 Å². The molecule has 0 spiro atoms. The number of rotatable bonds is 5. The predicted molar refractivity (Wildman–Crippen MR) is 81.6 cm³/mol. The first kappa shape index (κ1) is 14.6. The number of thiazole rings is 1. The molecule has 0 unspecified atom stereocenters. The second kappa shape index (κ2) is 5.47. The molecule has 0 aliphatic heterocycles. The smallest absolute Gasteiger partial charge is 0.245 e. The Morgan fingerprint density at radius 2 is 2.14 bits per heavy atom. The predicted octanol–water partition coefficient (Wildman–Crippen LogP) is 2.51. The molecule has 3 rings (SSSR count). The Morgan fingerprint density at radius 1 is 1.38 bits per heavy atom. The number of hydrogen-bond donors (Lipinski definition) is 0. The topological polar surface area (TPSA) is 63.2 Å². The fourth-order valence-electron chi connectivity index (χ4n) is 2.15. The van der Waals surface area contributed by atoms with Crippen LogP contribution in [0, 0.1) is 13.8 Å². The average Bonchev–Trinajstić information content (AvgIpc) is 3.24. The Kier molecular flexibility index (Phi) is 3.81. The Labute approximate surface area is 128 Å². The minimum absolute atomic E-state index is 0.0970. The Bertz CT molecular complexity index is 717. The molecule has 0 N–H and O–H groups in total. The Morgan fingerprint density at radius 3 is 2.67 bits per heavy atom. The third-order valence-electron chi connectivity index (χ3n) is 3.56. The van der Waals surface area contributed by atoms with Gasteiger partial charge >= 0.3 is 0 Å².